The summed E-state index contributed by atoms with van der Waals surface area (Å²) in [4.78, 5) is 0. The monoisotopic (exact) mass is 652 g/mol. The maximum Gasteiger partial charge on any atom is 0.126 e. The van der Waals surface area contributed by atoms with Gasteiger partial charge in [0.25, 0.3) is 0 Å². The molecule has 0 radical (unpaired) electrons. The largest absolute Gasteiger partial charge is 0.496 e. The van der Waals surface area contributed by atoms with Crippen LogP contribution in [-0.4, -0.2) is 27.4 Å². The van der Waals surface area contributed by atoms with Gasteiger partial charge in [-0.1, -0.05) is 39.5 Å². The van der Waals surface area contributed by atoms with Crippen molar-refractivity contribution in [2.24, 2.45) is 0 Å². The summed E-state index contributed by atoms with van der Waals surface area (Å²) in [5.41, 5.74) is 36.7. The number of benzene rings is 4. The molecule has 0 saturated carbocycles. The second kappa shape index (κ2) is 15.9. The molecular weight excluding hydrogens is 600 g/mol. The quantitative estimate of drug-likeness (QED) is 0.0789. The zero-order valence-electron chi connectivity index (χ0n) is 29.0. The molecule has 4 aromatic carbocycles. The van der Waals surface area contributed by atoms with Gasteiger partial charge in [0.05, 0.1) is 27.4 Å². The Morgan fingerprint density at radius 3 is 0.896 bits per heavy atom. The number of rotatable bonds is 12. The van der Waals surface area contributed by atoms with Crippen molar-refractivity contribution < 1.29 is 18.9 Å². The van der Waals surface area contributed by atoms with E-state index in [0.717, 1.165) is 106 Å². The van der Waals surface area contributed by atoms with Gasteiger partial charge in [-0.3, -0.25) is 0 Å². The van der Waals surface area contributed by atoms with E-state index < -0.39 is 0 Å². The summed E-state index contributed by atoms with van der Waals surface area (Å²) >= 11 is 0. The number of anilines is 4. The van der Waals surface area contributed by atoms with Gasteiger partial charge < -0.3 is 41.9 Å². The zero-order chi connectivity index (χ0) is 34.2. The van der Waals surface area contributed by atoms with Gasteiger partial charge in [-0.05, 0) is 61.4 Å². The molecule has 8 nitrogen and oxygen atoms in total. The molecule has 0 amide bonds. The second-order valence-electron chi connectivity index (χ2n) is 12.9. The molecule has 0 aromatic heterocycles. The van der Waals surface area contributed by atoms with Crippen molar-refractivity contribution in [1.82, 2.24) is 0 Å². The third-order valence-electron chi connectivity index (χ3n) is 8.98. The summed E-state index contributed by atoms with van der Waals surface area (Å²) < 4.78 is 25.5. The average Bonchev–Trinajstić information content (AvgIpc) is 3.02. The Kier molecular flexibility index (Phi) is 11.5. The molecule has 8 N–H and O–H groups in total. The normalized spacial score (nSPS) is 12.4. The van der Waals surface area contributed by atoms with E-state index in [1.54, 1.807) is 14.2 Å². The molecule has 5 rings (SSSR count). The first kappa shape index (κ1) is 34.6. The highest BCUT2D eigenvalue weighted by Gasteiger charge is 2.23. The summed E-state index contributed by atoms with van der Waals surface area (Å²) in [5, 5.41) is 0. The molecule has 0 unspecified atom stereocenters. The first-order chi connectivity index (χ1) is 23.2. The van der Waals surface area contributed by atoms with E-state index in [9.17, 15) is 0 Å². The van der Waals surface area contributed by atoms with Crippen LogP contribution in [0.2, 0.25) is 0 Å². The molecule has 0 atom stereocenters. The number of unbranched alkanes of at least 4 members (excludes halogenated alkanes) is 4. The number of methoxy groups -OCH3 is 2. The Morgan fingerprint density at radius 1 is 0.417 bits per heavy atom. The number of nitrogens with two attached hydrogens (primary N) is 4. The van der Waals surface area contributed by atoms with Gasteiger partial charge in [0, 0.05) is 92.9 Å². The maximum absolute atomic E-state index is 6.65. The van der Waals surface area contributed by atoms with Gasteiger partial charge in [0.1, 0.15) is 23.0 Å². The van der Waals surface area contributed by atoms with Gasteiger partial charge >= 0.3 is 0 Å². The fourth-order valence-electron chi connectivity index (χ4n) is 6.94. The van der Waals surface area contributed by atoms with Crippen LogP contribution in [0.1, 0.15) is 96.9 Å². The molecule has 48 heavy (non-hydrogen) atoms. The molecular formula is C40H52N4O4. The summed E-state index contributed by atoms with van der Waals surface area (Å²) in [6.07, 6.45) is 8.39. The predicted molar refractivity (Wildman–Crippen MR) is 198 cm³/mol. The van der Waals surface area contributed by atoms with Gasteiger partial charge in [0.15, 0.2) is 0 Å². The Morgan fingerprint density at radius 2 is 0.667 bits per heavy atom. The lowest BCUT2D eigenvalue weighted by molar-refractivity contribution is 0.297. The molecule has 1 aliphatic rings. The lowest BCUT2D eigenvalue weighted by Crippen LogP contribution is -2.10. The Hall–Kier alpha value is -4.72. The summed E-state index contributed by atoms with van der Waals surface area (Å²) in [5.74, 6) is 3.20. The van der Waals surface area contributed by atoms with Crippen molar-refractivity contribution >= 4 is 22.7 Å². The van der Waals surface area contributed by atoms with Crippen LogP contribution in [-0.2, 0) is 25.7 Å². The van der Waals surface area contributed by atoms with Crippen molar-refractivity contribution in [2.75, 3.05) is 50.4 Å². The summed E-state index contributed by atoms with van der Waals surface area (Å²) in [7, 11) is 3.40. The molecule has 256 valence electrons. The van der Waals surface area contributed by atoms with Crippen LogP contribution in [0.25, 0.3) is 0 Å². The van der Waals surface area contributed by atoms with Crippen LogP contribution < -0.4 is 41.9 Å². The Balaban J connectivity index is 1.77. The van der Waals surface area contributed by atoms with Crippen molar-refractivity contribution in [2.45, 2.75) is 78.1 Å². The molecule has 8 heteroatoms. The molecule has 0 fully saturated rings. The highest BCUT2D eigenvalue weighted by Crippen LogP contribution is 2.41. The minimum absolute atomic E-state index is 0.507. The zero-order valence-corrected chi connectivity index (χ0v) is 29.0. The van der Waals surface area contributed by atoms with E-state index in [4.69, 9.17) is 41.9 Å². The lowest BCUT2D eigenvalue weighted by atomic mass is 9.90. The number of hydrogen-bond donors (Lipinski definition) is 4. The fraction of sp³-hybridized carbons (Fsp3) is 0.400. The van der Waals surface area contributed by atoms with Gasteiger partial charge in [-0.2, -0.15) is 0 Å². The van der Waals surface area contributed by atoms with E-state index in [2.05, 4.69) is 13.8 Å². The first-order valence-electron chi connectivity index (χ1n) is 17.2. The number of hydrogen-bond acceptors (Lipinski definition) is 8. The minimum atomic E-state index is 0.507. The van der Waals surface area contributed by atoms with Crippen LogP contribution in [0.5, 0.6) is 23.0 Å². The highest BCUT2D eigenvalue weighted by molar-refractivity contribution is 5.64. The summed E-state index contributed by atoms with van der Waals surface area (Å²) in [6.45, 7) is 5.60. The third-order valence-corrected chi connectivity index (χ3v) is 8.98. The topological polar surface area (TPSA) is 141 Å². The van der Waals surface area contributed by atoms with Crippen LogP contribution in [0.3, 0.4) is 0 Å². The van der Waals surface area contributed by atoms with E-state index in [0.29, 0.717) is 61.6 Å². The van der Waals surface area contributed by atoms with Crippen LogP contribution in [0.15, 0.2) is 48.5 Å². The fourth-order valence-corrected chi connectivity index (χ4v) is 6.94. The Labute approximate surface area is 285 Å². The molecule has 0 spiro atoms. The highest BCUT2D eigenvalue weighted by atomic mass is 16.5. The van der Waals surface area contributed by atoms with E-state index in [-0.39, 0.29) is 0 Å². The van der Waals surface area contributed by atoms with Gasteiger partial charge in [0.2, 0.25) is 0 Å². The Bertz CT molecular complexity index is 1610. The molecule has 4 aromatic rings. The number of nitrogen functional groups attached to an aromatic ring is 4. The van der Waals surface area contributed by atoms with E-state index in [1.807, 2.05) is 48.5 Å². The first-order valence-corrected chi connectivity index (χ1v) is 17.2. The maximum atomic E-state index is 6.65. The molecule has 8 bridgehead atoms. The molecule has 0 heterocycles. The smallest absolute Gasteiger partial charge is 0.126 e. The second-order valence-corrected chi connectivity index (χ2v) is 12.9. The van der Waals surface area contributed by atoms with Gasteiger partial charge in [-0.15, -0.1) is 0 Å². The van der Waals surface area contributed by atoms with Crippen LogP contribution >= 0.6 is 0 Å². The predicted octanol–water partition coefficient (Wildman–Crippen LogP) is 7.85. The standard InChI is InChI=1S/C40H52N4O4/c1-5-7-9-11-47-39-29-14-27-19-33(41)17-25(37(27)45-3)13-26-18-34(42)20-28(38(26)46-4)15-30-22-36(44)24-32(16-31(39)23-35(43)21-29)40(30)48-12-10-8-6-2/h17-24H,5-16,41-44H2,1-4H3. The summed E-state index contributed by atoms with van der Waals surface area (Å²) in [6, 6.07) is 15.9. The van der Waals surface area contributed by atoms with Crippen molar-refractivity contribution in [3.05, 3.63) is 93.0 Å². The molecule has 0 saturated heterocycles. The average molecular weight is 653 g/mol. The minimum Gasteiger partial charge on any atom is -0.496 e. The van der Waals surface area contributed by atoms with E-state index >= 15 is 0 Å². The third kappa shape index (κ3) is 8.04. The van der Waals surface area contributed by atoms with Crippen LogP contribution in [0.4, 0.5) is 22.7 Å². The number of ether oxygens (including phenoxy) is 4. The molecule has 1 aliphatic carbocycles. The molecule has 0 aliphatic heterocycles. The lowest BCUT2D eigenvalue weighted by Gasteiger charge is -2.23. The van der Waals surface area contributed by atoms with Crippen molar-refractivity contribution in [1.29, 1.82) is 0 Å². The van der Waals surface area contributed by atoms with Crippen molar-refractivity contribution in [3.63, 3.8) is 0 Å². The number of fused-ring (bicyclic) bond motifs is 8. The van der Waals surface area contributed by atoms with Crippen molar-refractivity contribution in [3.8, 4) is 23.0 Å². The van der Waals surface area contributed by atoms with Gasteiger partial charge in [-0.25, -0.2) is 0 Å². The van der Waals surface area contributed by atoms with E-state index in [1.165, 1.54) is 0 Å². The SMILES string of the molecule is CCCCCOc1c2cc(N)cc1Cc1cc(N)cc(c1OCCCCC)Cc1cc(N)cc(c1OC)Cc1cc(N)cc(c1OC)C2. The van der Waals surface area contributed by atoms with Crippen LogP contribution in [0, 0.1) is 0 Å².